The van der Waals surface area contributed by atoms with Crippen LogP contribution in [0, 0.1) is 0 Å². The van der Waals surface area contributed by atoms with Crippen molar-refractivity contribution in [2.75, 3.05) is 61.8 Å². The largest absolute Gasteiger partial charge is 0.492 e. The first kappa shape index (κ1) is 25.2. The molecule has 0 unspecified atom stereocenters. The number of aromatic nitrogens is 1. The molecule has 0 spiro atoms. The lowest BCUT2D eigenvalue weighted by molar-refractivity contribution is 0.200. The van der Waals surface area contributed by atoms with E-state index in [2.05, 4.69) is 31.6 Å². The van der Waals surface area contributed by atoms with Gasteiger partial charge in [0.05, 0.1) is 6.26 Å². The minimum absolute atomic E-state index is 0. The van der Waals surface area contributed by atoms with E-state index in [1.165, 1.54) is 10.9 Å². The van der Waals surface area contributed by atoms with Gasteiger partial charge in [-0.25, -0.2) is 8.42 Å². The average molecular weight is 494 g/mol. The summed E-state index contributed by atoms with van der Waals surface area (Å²) < 4.78 is 31.2. The number of hydrogen-bond acceptors (Lipinski definition) is 6. The van der Waals surface area contributed by atoms with Crippen LogP contribution in [0.1, 0.15) is 5.56 Å². The Morgan fingerprint density at radius 1 is 1.09 bits per heavy atom. The number of sulfonamides is 1. The van der Waals surface area contributed by atoms with Crippen molar-refractivity contribution >= 4 is 44.7 Å². The third kappa shape index (κ3) is 6.77. The first-order valence-corrected chi connectivity index (χ1v) is 12.8. The quantitative estimate of drug-likeness (QED) is 0.423. The molecule has 0 atom stereocenters. The molecule has 2 heterocycles. The normalized spacial score (nSPS) is 14.8. The average Bonchev–Trinajstić information content (AvgIpc) is 3.16. The van der Waals surface area contributed by atoms with E-state index in [1.54, 1.807) is 12.1 Å². The first-order valence-electron chi connectivity index (χ1n) is 10.9. The molecular weight excluding hydrogens is 462 g/mol. The van der Waals surface area contributed by atoms with Crippen LogP contribution < -0.4 is 20.1 Å². The number of benzene rings is 2. The number of nitrogens with zero attached hydrogens (tertiary/aromatic N) is 2. The Balaban J connectivity index is 0.00000306. The van der Waals surface area contributed by atoms with Crippen LogP contribution in [0.4, 0.5) is 11.4 Å². The number of aromatic amines is 1. The van der Waals surface area contributed by atoms with Gasteiger partial charge in [-0.3, -0.25) is 9.62 Å². The maximum atomic E-state index is 11.3. The summed E-state index contributed by atoms with van der Waals surface area (Å²) in [6.45, 7) is 5.94. The lowest BCUT2D eigenvalue weighted by Crippen LogP contribution is -2.47. The molecule has 1 aliphatic rings. The van der Waals surface area contributed by atoms with E-state index in [9.17, 15) is 8.42 Å². The van der Waals surface area contributed by atoms with E-state index < -0.39 is 10.0 Å². The molecule has 1 fully saturated rings. The van der Waals surface area contributed by atoms with E-state index >= 15 is 0 Å². The highest BCUT2D eigenvalue weighted by molar-refractivity contribution is 7.92. The topological polar surface area (TPSA) is 104 Å². The Morgan fingerprint density at radius 3 is 2.48 bits per heavy atom. The van der Waals surface area contributed by atoms with Gasteiger partial charge in [0.15, 0.2) is 0 Å². The van der Waals surface area contributed by atoms with Crippen LogP contribution in [-0.4, -0.2) is 70.4 Å². The van der Waals surface area contributed by atoms with Gasteiger partial charge < -0.3 is 20.4 Å². The molecule has 3 aromatic rings. The molecule has 0 amide bonds. The third-order valence-electron chi connectivity index (χ3n) is 5.74. The van der Waals surface area contributed by atoms with E-state index in [-0.39, 0.29) is 12.4 Å². The predicted octanol–water partition coefficient (Wildman–Crippen LogP) is 2.66. The van der Waals surface area contributed by atoms with Gasteiger partial charge in [-0.05, 0) is 61.0 Å². The number of piperazine rings is 1. The smallest absolute Gasteiger partial charge is 0.229 e. The van der Waals surface area contributed by atoms with Crippen LogP contribution in [0.2, 0.25) is 0 Å². The number of rotatable bonds is 9. The van der Waals surface area contributed by atoms with Gasteiger partial charge in [-0.1, -0.05) is 0 Å². The van der Waals surface area contributed by atoms with Gasteiger partial charge >= 0.3 is 0 Å². The van der Waals surface area contributed by atoms with Crippen LogP contribution in [0.15, 0.2) is 48.7 Å². The second-order valence-electron chi connectivity index (χ2n) is 8.16. The molecule has 0 radical (unpaired) electrons. The van der Waals surface area contributed by atoms with E-state index in [1.807, 2.05) is 24.4 Å². The first-order chi connectivity index (χ1) is 15.4. The van der Waals surface area contributed by atoms with Gasteiger partial charge in [0, 0.05) is 61.2 Å². The zero-order valence-electron chi connectivity index (χ0n) is 18.8. The van der Waals surface area contributed by atoms with Crippen LogP contribution in [-0.2, 0) is 16.4 Å². The highest BCUT2D eigenvalue weighted by atomic mass is 35.5. The molecule has 0 saturated carbocycles. The van der Waals surface area contributed by atoms with E-state index in [0.717, 1.165) is 62.4 Å². The van der Waals surface area contributed by atoms with Crippen LogP contribution in [0.25, 0.3) is 10.9 Å². The SMILES string of the molecule is CS(=O)(=O)Nc1ccc(N2CCN(CCOc3ccc4[nH]cc(CCN)c4c3)CC2)cc1.Cl. The second kappa shape index (κ2) is 11.1. The summed E-state index contributed by atoms with van der Waals surface area (Å²) >= 11 is 0. The van der Waals surface area contributed by atoms with Gasteiger partial charge in [0.25, 0.3) is 0 Å². The minimum Gasteiger partial charge on any atom is -0.492 e. The van der Waals surface area contributed by atoms with Crippen LogP contribution in [0.5, 0.6) is 5.75 Å². The molecular formula is C23H32ClN5O3S. The maximum Gasteiger partial charge on any atom is 0.229 e. The van der Waals surface area contributed by atoms with Crippen molar-refractivity contribution < 1.29 is 13.2 Å². The molecule has 1 aliphatic heterocycles. The lowest BCUT2D eigenvalue weighted by atomic mass is 10.1. The van der Waals surface area contributed by atoms with Crippen molar-refractivity contribution in [3.63, 3.8) is 0 Å². The Kier molecular flexibility index (Phi) is 8.47. The Bertz CT molecular complexity index is 1140. The summed E-state index contributed by atoms with van der Waals surface area (Å²) in [5.74, 6) is 0.886. The van der Waals surface area contributed by atoms with Gasteiger partial charge in [0.2, 0.25) is 10.0 Å². The summed E-state index contributed by atoms with van der Waals surface area (Å²) in [4.78, 5) is 8.01. The summed E-state index contributed by atoms with van der Waals surface area (Å²) in [6.07, 6.45) is 4.03. The standard InChI is InChI=1S/C23H31N5O3S.ClH/c1-32(29,30)26-19-2-4-20(5-3-19)28-12-10-27(11-13-28)14-15-31-21-6-7-23-22(16-21)18(8-9-24)17-25-23;/h2-7,16-17,25-26H,8-15,24H2,1H3;1H. The number of anilines is 2. The number of hydrogen-bond donors (Lipinski definition) is 3. The Morgan fingerprint density at radius 2 is 1.82 bits per heavy atom. The van der Waals surface area contributed by atoms with Gasteiger partial charge in [-0.2, -0.15) is 0 Å². The maximum absolute atomic E-state index is 11.3. The van der Waals surface area contributed by atoms with E-state index in [4.69, 9.17) is 10.5 Å². The number of ether oxygens (including phenoxy) is 1. The molecule has 180 valence electrons. The van der Waals surface area contributed by atoms with Crippen molar-refractivity contribution in [3.8, 4) is 5.75 Å². The molecule has 0 aliphatic carbocycles. The molecule has 1 aromatic heterocycles. The number of fused-ring (bicyclic) bond motifs is 1. The monoisotopic (exact) mass is 493 g/mol. The molecule has 33 heavy (non-hydrogen) atoms. The molecule has 1 saturated heterocycles. The summed E-state index contributed by atoms with van der Waals surface area (Å²) in [5.41, 5.74) is 9.73. The van der Waals surface area contributed by atoms with Crippen LogP contribution >= 0.6 is 12.4 Å². The number of nitrogens with two attached hydrogens (primary N) is 1. The van der Waals surface area contributed by atoms with Crippen molar-refractivity contribution in [2.24, 2.45) is 5.73 Å². The number of H-pyrrole nitrogens is 1. The van der Waals surface area contributed by atoms with Crippen molar-refractivity contribution in [1.29, 1.82) is 0 Å². The van der Waals surface area contributed by atoms with Crippen molar-refractivity contribution in [2.45, 2.75) is 6.42 Å². The molecule has 4 rings (SSSR count). The fourth-order valence-electron chi connectivity index (χ4n) is 4.09. The molecule has 4 N–H and O–H groups in total. The fraction of sp³-hybridized carbons (Fsp3) is 0.391. The fourth-order valence-corrected chi connectivity index (χ4v) is 4.65. The Hall–Kier alpha value is -2.46. The third-order valence-corrected chi connectivity index (χ3v) is 6.34. The van der Waals surface area contributed by atoms with Gasteiger partial charge in [0.1, 0.15) is 12.4 Å². The summed E-state index contributed by atoms with van der Waals surface area (Å²) in [7, 11) is -3.25. The summed E-state index contributed by atoms with van der Waals surface area (Å²) in [6, 6.07) is 13.7. The van der Waals surface area contributed by atoms with Gasteiger partial charge in [-0.15, -0.1) is 12.4 Å². The zero-order valence-corrected chi connectivity index (χ0v) is 20.4. The van der Waals surface area contributed by atoms with Crippen molar-refractivity contribution in [1.82, 2.24) is 9.88 Å². The number of nitrogens with one attached hydrogen (secondary N) is 2. The highest BCUT2D eigenvalue weighted by Crippen LogP contribution is 2.24. The van der Waals surface area contributed by atoms with Crippen LogP contribution in [0.3, 0.4) is 0 Å². The summed E-state index contributed by atoms with van der Waals surface area (Å²) in [5, 5.41) is 1.18. The molecule has 10 heteroatoms. The number of halogens is 1. The zero-order chi connectivity index (χ0) is 22.6. The molecule has 2 aromatic carbocycles. The predicted molar refractivity (Wildman–Crippen MR) is 137 cm³/mol. The lowest BCUT2D eigenvalue weighted by Gasteiger charge is -2.36. The minimum atomic E-state index is -3.25. The molecule has 8 nitrogen and oxygen atoms in total. The Labute approximate surface area is 201 Å². The molecule has 0 bridgehead atoms. The second-order valence-corrected chi connectivity index (χ2v) is 9.91. The van der Waals surface area contributed by atoms with E-state index in [0.29, 0.717) is 18.8 Å². The highest BCUT2D eigenvalue weighted by Gasteiger charge is 2.17. The van der Waals surface area contributed by atoms with Crippen molar-refractivity contribution in [3.05, 3.63) is 54.2 Å².